The molecule has 0 spiro atoms. The molecule has 27 heavy (non-hydrogen) atoms. The number of alkyl halides is 3. The second-order valence-electron chi connectivity index (χ2n) is 5.20. The van der Waals surface area contributed by atoms with Gasteiger partial charge in [0, 0.05) is 11.4 Å². The zero-order valence-electron chi connectivity index (χ0n) is 14.1. The standard InChI is InChI=1S/C17H15F3N4O2S/c1-2-26-16-12(8-21)13(22)7-14(24-16)15(25)23-9-10-3-5-11(6-4-10)27-17(18,19)20/h3-7H,2,9H2,1H3,(H2,22,24)(H,23,25). The molecule has 3 N–H and O–H groups in total. The first-order valence-electron chi connectivity index (χ1n) is 7.69. The van der Waals surface area contributed by atoms with E-state index in [-0.39, 0.29) is 52.6 Å². The van der Waals surface area contributed by atoms with Crippen molar-refractivity contribution in [1.29, 1.82) is 5.26 Å². The number of carbonyl (C=O) groups is 1. The molecule has 0 aliphatic heterocycles. The molecule has 0 aliphatic rings. The van der Waals surface area contributed by atoms with Crippen LogP contribution >= 0.6 is 11.8 Å². The van der Waals surface area contributed by atoms with Crippen LogP contribution in [0.1, 0.15) is 28.5 Å². The smallest absolute Gasteiger partial charge is 0.446 e. The van der Waals surface area contributed by atoms with Crippen molar-refractivity contribution in [1.82, 2.24) is 10.3 Å². The van der Waals surface area contributed by atoms with Crippen LogP contribution in [-0.4, -0.2) is 23.0 Å². The van der Waals surface area contributed by atoms with Crippen LogP contribution in [0.3, 0.4) is 0 Å². The molecule has 1 aromatic carbocycles. The number of amides is 1. The molecule has 0 unspecified atom stereocenters. The molecule has 142 valence electrons. The van der Waals surface area contributed by atoms with Gasteiger partial charge in [-0.1, -0.05) is 12.1 Å². The first-order chi connectivity index (χ1) is 12.7. The van der Waals surface area contributed by atoms with Crippen LogP contribution in [0, 0.1) is 11.3 Å². The summed E-state index contributed by atoms with van der Waals surface area (Å²) in [6, 6.07) is 8.75. The third-order valence-corrected chi connectivity index (χ3v) is 3.99. The van der Waals surface area contributed by atoms with Crippen molar-refractivity contribution < 1.29 is 22.7 Å². The second-order valence-corrected chi connectivity index (χ2v) is 6.33. The number of nitrogens with two attached hydrogens (primary N) is 1. The summed E-state index contributed by atoms with van der Waals surface area (Å²) in [4.78, 5) is 16.3. The number of halogens is 3. The van der Waals surface area contributed by atoms with Crippen molar-refractivity contribution in [3.63, 3.8) is 0 Å². The molecule has 0 fully saturated rings. The molecular formula is C17H15F3N4O2S. The van der Waals surface area contributed by atoms with Gasteiger partial charge < -0.3 is 15.8 Å². The topological polar surface area (TPSA) is 101 Å². The third-order valence-electron chi connectivity index (χ3n) is 3.25. The Bertz CT molecular complexity index is 864. The Morgan fingerprint density at radius 3 is 2.59 bits per heavy atom. The molecule has 10 heteroatoms. The van der Waals surface area contributed by atoms with Gasteiger partial charge in [-0.15, -0.1) is 0 Å². The van der Waals surface area contributed by atoms with Crippen molar-refractivity contribution in [3.8, 4) is 11.9 Å². The second kappa shape index (κ2) is 8.64. The van der Waals surface area contributed by atoms with E-state index in [1.54, 1.807) is 6.92 Å². The number of carbonyl (C=O) groups excluding carboxylic acids is 1. The summed E-state index contributed by atoms with van der Waals surface area (Å²) in [7, 11) is 0. The minimum absolute atomic E-state index is 0.0285. The molecule has 1 aromatic heterocycles. The zero-order chi connectivity index (χ0) is 20.0. The minimum Gasteiger partial charge on any atom is -0.477 e. The molecule has 0 saturated carbocycles. The Morgan fingerprint density at radius 2 is 2.04 bits per heavy atom. The van der Waals surface area contributed by atoms with Crippen LogP contribution in [0.25, 0.3) is 0 Å². The molecule has 0 saturated heterocycles. The van der Waals surface area contributed by atoms with Crippen molar-refractivity contribution >= 4 is 23.4 Å². The van der Waals surface area contributed by atoms with Crippen molar-refractivity contribution in [3.05, 3.63) is 47.2 Å². The number of nitrogens with zero attached hydrogens (tertiary/aromatic N) is 2. The van der Waals surface area contributed by atoms with E-state index in [1.807, 2.05) is 6.07 Å². The van der Waals surface area contributed by atoms with Gasteiger partial charge >= 0.3 is 5.51 Å². The highest BCUT2D eigenvalue weighted by molar-refractivity contribution is 8.00. The van der Waals surface area contributed by atoms with E-state index >= 15 is 0 Å². The highest BCUT2D eigenvalue weighted by Crippen LogP contribution is 2.36. The first-order valence-corrected chi connectivity index (χ1v) is 8.51. The highest BCUT2D eigenvalue weighted by atomic mass is 32.2. The summed E-state index contributed by atoms with van der Waals surface area (Å²) in [5, 5.41) is 11.7. The van der Waals surface area contributed by atoms with Gasteiger partial charge in [-0.25, -0.2) is 4.98 Å². The third kappa shape index (κ3) is 5.79. The predicted molar refractivity (Wildman–Crippen MR) is 94.1 cm³/mol. The van der Waals surface area contributed by atoms with E-state index in [1.165, 1.54) is 30.3 Å². The molecular weight excluding hydrogens is 381 g/mol. The average molecular weight is 396 g/mol. The van der Waals surface area contributed by atoms with E-state index in [4.69, 9.17) is 15.7 Å². The van der Waals surface area contributed by atoms with Crippen LogP contribution in [0.2, 0.25) is 0 Å². The summed E-state index contributed by atoms with van der Waals surface area (Å²) in [6.07, 6.45) is 0. The fourth-order valence-corrected chi connectivity index (χ4v) is 2.63. The van der Waals surface area contributed by atoms with Crippen molar-refractivity contribution in [2.24, 2.45) is 0 Å². The lowest BCUT2D eigenvalue weighted by Crippen LogP contribution is -2.24. The minimum atomic E-state index is -4.35. The van der Waals surface area contributed by atoms with Crippen molar-refractivity contribution in [2.75, 3.05) is 12.3 Å². The summed E-state index contributed by atoms with van der Waals surface area (Å²) in [5.74, 6) is -0.584. The number of ether oxygens (including phenoxy) is 1. The summed E-state index contributed by atoms with van der Waals surface area (Å²) < 4.78 is 42.2. The van der Waals surface area contributed by atoms with Crippen LogP contribution in [-0.2, 0) is 6.54 Å². The number of nitrogens with one attached hydrogen (secondary N) is 1. The number of benzene rings is 1. The fourth-order valence-electron chi connectivity index (χ4n) is 2.09. The van der Waals surface area contributed by atoms with Gasteiger partial charge in [0.15, 0.2) is 0 Å². The SMILES string of the molecule is CCOc1nc(C(=O)NCc2ccc(SC(F)(F)F)cc2)cc(N)c1C#N. The number of hydrogen-bond donors (Lipinski definition) is 2. The normalized spacial score (nSPS) is 10.9. The molecule has 0 bridgehead atoms. The number of anilines is 1. The first kappa shape index (κ1) is 20.4. The van der Waals surface area contributed by atoms with E-state index in [2.05, 4.69) is 10.3 Å². The fraction of sp³-hybridized carbons (Fsp3) is 0.235. The molecule has 2 rings (SSSR count). The van der Waals surface area contributed by atoms with Gasteiger partial charge in [-0.3, -0.25) is 4.79 Å². The molecule has 2 aromatic rings. The number of nitrogen functional groups attached to an aromatic ring is 1. The lowest BCUT2D eigenvalue weighted by atomic mass is 10.2. The summed E-state index contributed by atoms with van der Waals surface area (Å²) in [5.41, 5.74) is 2.10. The van der Waals surface area contributed by atoms with E-state index in [0.717, 1.165) is 0 Å². The molecule has 0 atom stereocenters. The van der Waals surface area contributed by atoms with Crippen LogP contribution in [0.5, 0.6) is 5.88 Å². The Kier molecular flexibility index (Phi) is 6.52. The monoisotopic (exact) mass is 396 g/mol. The Hall–Kier alpha value is -2.93. The van der Waals surface area contributed by atoms with Gasteiger partial charge in [-0.05, 0) is 42.4 Å². The quantitative estimate of drug-likeness (QED) is 0.725. The van der Waals surface area contributed by atoms with Gasteiger partial charge in [0.2, 0.25) is 5.88 Å². The number of nitriles is 1. The number of hydrogen-bond acceptors (Lipinski definition) is 6. The maximum absolute atomic E-state index is 12.3. The van der Waals surface area contributed by atoms with E-state index in [9.17, 15) is 18.0 Å². The van der Waals surface area contributed by atoms with Gasteiger partial charge in [-0.2, -0.15) is 18.4 Å². The largest absolute Gasteiger partial charge is 0.477 e. The summed E-state index contributed by atoms with van der Waals surface area (Å²) in [6.45, 7) is 2.03. The summed E-state index contributed by atoms with van der Waals surface area (Å²) >= 11 is -0.210. The van der Waals surface area contributed by atoms with E-state index < -0.39 is 11.4 Å². The lowest BCUT2D eigenvalue weighted by molar-refractivity contribution is -0.0328. The number of pyridine rings is 1. The Labute approximate surface area is 157 Å². The van der Waals surface area contributed by atoms with Crippen LogP contribution in [0.4, 0.5) is 18.9 Å². The maximum Gasteiger partial charge on any atom is 0.446 e. The van der Waals surface area contributed by atoms with Gasteiger partial charge in [0.1, 0.15) is 17.3 Å². The number of rotatable bonds is 6. The molecule has 1 amide bonds. The zero-order valence-corrected chi connectivity index (χ0v) is 14.9. The van der Waals surface area contributed by atoms with Crippen molar-refractivity contribution in [2.45, 2.75) is 23.9 Å². The highest BCUT2D eigenvalue weighted by Gasteiger charge is 2.29. The maximum atomic E-state index is 12.3. The average Bonchev–Trinajstić information content (AvgIpc) is 2.59. The van der Waals surface area contributed by atoms with Crippen LogP contribution in [0.15, 0.2) is 35.2 Å². The van der Waals surface area contributed by atoms with Gasteiger partial charge in [0.05, 0.1) is 12.3 Å². The Morgan fingerprint density at radius 1 is 1.37 bits per heavy atom. The molecule has 6 nitrogen and oxygen atoms in total. The Balaban J connectivity index is 2.06. The van der Waals surface area contributed by atoms with Gasteiger partial charge in [0.25, 0.3) is 5.91 Å². The molecule has 0 radical (unpaired) electrons. The van der Waals surface area contributed by atoms with Crippen LogP contribution < -0.4 is 15.8 Å². The molecule has 0 aliphatic carbocycles. The number of thioether (sulfide) groups is 1. The molecule has 1 heterocycles. The number of aromatic nitrogens is 1. The van der Waals surface area contributed by atoms with E-state index in [0.29, 0.717) is 5.56 Å². The predicted octanol–water partition coefficient (Wildman–Crippen LogP) is 3.48. The lowest BCUT2D eigenvalue weighted by Gasteiger charge is -2.10.